The third-order valence-corrected chi connectivity index (χ3v) is 2.55. The summed E-state index contributed by atoms with van der Waals surface area (Å²) in [6.45, 7) is 1.02. The number of nitrogens with one attached hydrogen (secondary N) is 1. The first kappa shape index (κ1) is 15.5. The number of anilines is 1. The number of carbonyl (C=O) groups excluding carboxylic acids is 2. The molecule has 0 bridgehead atoms. The quantitative estimate of drug-likeness (QED) is 0.808. The first-order valence-electron chi connectivity index (χ1n) is 6.12. The summed E-state index contributed by atoms with van der Waals surface area (Å²) >= 11 is 0. The van der Waals surface area contributed by atoms with Crippen LogP contribution in [0.4, 0.5) is 14.5 Å². The van der Waals surface area contributed by atoms with Crippen LogP contribution in [0.15, 0.2) is 24.5 Å². The lowest BCUT2D eigenvalue weighted by atomic mass is 10.2. The zero-order valence-corrected chi connectivity index (χ0v) is 11.4. The molecule has 1 N–H and O–H groups in total. The summed E-state index contributed by atoms with van der Waals surface area (Å²) < 4.78 is 32.3. The van der Waals surface area contributed by atoms with Gasteiger partial charge in [-0.05, 0) is 29.5 Å². The molecule has 0 aliphatic heterocycles. The van der Waals surface area contributed by atoms with Gasteiger partial charge in [0.25, 0.3) is 5.91 Å². The molecule has 8 nitrogen and oxygen atoms in total. The lowest BCUT2D eigenvalue weighted by Gasteiger charge is -2.13. The fourth-order valence-corrected chi connectivity index (χ4v) is 1.50. The van der Waals surface area contributed by atoms with Crippen LogP contribution in [0.25, 0.3) is 0 Å². The molecule has 1 aromatic heterocycles. The smallest absolute Gasteiger partial charge is 0.328 e. The molecule has 1 atom stereocenters. The Morgan fingerprint density at radius 3 is 2.86 bits per heavy atom. The van der Waals surface area contributed by atoms with Crippen molar-refractivity contribution in [2.75, 3.05) is 5.32 Å². The van der Waals surface area contributed by atoms with Crippen molar-refractivity contribution in [1.82, 2.24) is 20.2 Å². The lowest BCUT2D eigenvalue weighted by Crippen LogP contribution is -2.31. The van der Waals surface area contributed by atoms with Crippen molar-refractivity contribution in [2.24, 2.45) is 0 Å². The van der Waals surface area contributed by atoms with Gasteiger partial charge in [0.1, 0.15) is 24.5 Å². The molecular weight excluding hydrogens is 300 g/mol. The Bertz CT molecular complexity index is 677. The molecule has 2 aromatic rings. The van der Waals surface area contributed by atoms with Gasteiger partial charge in [-0.15, -0.1) is 5.10 Å². The van der Waals surface area contributed by atoms with E-state index in [1.807, 2.05) is 0 Å². The second-order valence-corrected chi connectivity index (χ2v) is 4.25. The largest absolute Gasteiger partial charge is 0.451 e. The summed E-state index contributed by atoms with van der Waals surface area (Å²) in [6, 6.07) is 2.61. The zero-order valence-electron chi connectivity index (χ0n) is 11.4. The van der Waals surface area contributed by atoms with Crippen LogP contribution in [-0.4, -0.2) is 38.2 Å². The third-order valence-electron chi connectivity index (χ3n) is 2.55. The molecule has 0 saturated heterocycles. The molecular formula is C12H11F2N5O3. The molecule has 10 heteroatoms. The number of halogens is 2. The Hall–Kier alpha value is -2.91. The predicted octanol–water partition coefficient (Wildman–Crippen LogP) is 0.522. The monoisotopic (exact) mass is 311 g/mol. The van der Waals surface area contributed by atoms with Gasteiger partial charge >= 0.3 is 5.97 Å². The molecule has 22 heavy (non-hydrogen) atoms. The van der Waals surface area contributed by atoms with Crippen molar-refractivity contribution in [3.05, 3.63) is 36.2 Å². The molecule has 1 amide bonds. The van der Waals surface area contributed by atoms with E-state index in [0.29, 0.717) is 0 Å². The van der Waals surface area contributed by atoms with Crippen LogP contribution in [0, 0.1) is 11.6 Å². The molecule has 0 radical (unpaired) electrons. The zero-order chi connectivity index (χ0) is 16.1. The van der Waals surface area contributed by atoms with Crippen molar-refractivity contribution >= 4 is 17.6 Å². The van der Waals surface area contributed by atoms with Crippen LogP contribution in [0.2, 0.25) is 0 Å². The van der Waals surface area contributed by atoms with E-state index in [1.54, 1.807) is 0 Å². The van der Waals surface area contributed by atoms with E-state index < -0.39 is 29.6 Å². The number of carbonyl (C=O) groups is 2. The highest BCUT2D eigenvalue weighted by Gasteiger charge is 2.19. The van der Waals surface area contributed by atoms with Gasteiger partial charge in [0.15, 0.2) is 6.10 Å². The summed E-state index contributed by atoms with van der Waals surface area (Å²) in [7, 11) is 0. The lowest BCUT2D eigenvalue weighted by molar-refractivity contribution is -0.153. The second kappa shape index (κ2) is 6.70. The molecule has 116 valence electrons. The van der Waals surface area contributed by atoms with Gasteiger partial charge in [0.2, 0.25) is 0 Å². The number of amides is 1. The number of nitrogens with zero attached hydrogens (tertiary/aromatic N) is 4. The SMILES string of the molecule is C[C@H](OC(=O)Cn1cnnn1)C(=O)Nc1cc(F)ccc1F. The van der Waals surface area contributed by atoms with Crippen molar-refractivity contribution in [3.63, 3.8) is 0 Å². The minimum atomic E-state index is -1.20. The second-order valence-electron chi connectivity index (χ2n) is 4.25. The van der Waals surface area contributed by atoms with Crippen LogP contribution in [0.1, 0.15) is 6.92 Å². The van der Waals surface area contributed by atoms with Gasteiger partial charge in [-0.1, -0.05) is 0 Å². The number of esters is 1. The number of ether oxygens (including phenoxy) is 1. The van der Waals surface area contributed by atoms with Gasteiger partial charge < -0.3 is 10.1 Å². The average molecular weight is 311 g/mol. The predicted molar refractivity (Wildman–Crippen MR) is 68.4 cm³/mol. The molecule has 2 rings (SSSR count). The first-order chi connectivity index (χ1) is 10.5. The van der Waals surface area contributed by atoms with Crippen LogP contribution < -0.4 is 5.32 Å². The maximum Gasteiger partial charge on any atom is 0.328 e. The number of hydrogen-bond acceptors (Lipinski definition) is 6. The Morgan fingerprint density at radius 2 is 2.18 bits per heavy atom. The standard InChI is InChI=1S/C12H11F2N5O3/c1-7(22-11(20)5-19-6-15-17-18-19)12(21)16-10-4-8(13)2-3-9(10)14/h2-4,6-7H,5H2,1H3,(H,16,21)/t7-/m0/s1. The number of aromatic nitrogens is 4. The highest BCUT2D eigenvalue weighted by Crippen LogP contribution is 2.15. The molecule has 1 heterocycles. The summed E-state index contributed by atoms with van der Waals surface area (Å²) in [5.41, 5.74) is -0.339. The summed E-state index contributed by atoms with van der Waals surface area (Å²) in [5, 5.41) is 12.3. The van der Waals surface area contributed by atoms with Crippen molar-refractivity contribution in [3.8, 4) is 0 Å². The normalized spacial score (nSPS) is 11.8. The number of hydrogen-bond donors (Lipinski definition) is 1. The molecule has 0 unspecified atom stereocenters. The minimum Gasteiger partial charge on any atom is -0.451 e. The van der Waals surface area contributed by atoms with E-state index in [4.69, 9.17) is 4.74 Å². The first-order valence-corrected chi connectivity index (χ1v) is 6.12. The fourth-order valence-electron chi connectivity index (χ4n) is 1.50. The topological polar surface area (TPSA) is 99.0 Å². The highest BCUT2D eigenvalue weighted by atomic mass is 19.1. The Kier molecular flexibility index (Phi) is 4.71. The highest BCUT2D eigenvalue weighted by molar-refractivity contribution is 5.95. The van der Waals surface area contributed by atoms with Gasteiger partial charge in [0, 0.05) is 6.07 Å². The van der Waals surface area contributed by atoms with Crippen molar-refractivity contribution < 1.29 is 23.1 Å². The van der Waals surface area contributed by atoms with Gasteiger partial charge in [-0.2, -0.15) is 0 Å². The maximum absolute atomic E-state index is 13.4. The molecule has 0 aliphatic rings. The van der Waals surface area contributed by atoms with Crippen LogP contribution >= 0.6 is 0 Å². The Morgan fingerprint density at radius 1 is 1.41 bits per heavy atom. The number of tetrazole rings is 1. The average Bonchev–Trinajstić information content (AvgIpc) is 2.95. The Balaban J connectivity index is 1.91. The van der Waals surface area contributed by atoms with E-state index in [0.717, 1.165) is 22.9 Å². The van der Waals surface area contributed by atoms with Gasteiger partial charge in [-0.25, -0.2) is 13.5 Å². The Labute approximate surface area is 123 Å². The summed E-state index contributed by atoms with van der Waals surface area (Å²) in [4.78, 5) is 23.3. The third kappa shape index (κ3) is 4.04. The van der Waals surface area contributed by atoms with Crippen molar-refractivity contribution in [2.45, 2.75) is 19.6 Å². The van der Waals surface area contributed by atoms with Gasteiger partial charge in [0.05, 0.1) is 5.69 Å². The summed E-state index contributed by atoms with van der Waals surface area (Å²) in [6.07, 6.45) is 0.000323. The molecule has 0 aliphatic carbocycles. The van der Waals surface area contributed by atoms with Crippen LogP contribution in [-0.2, 0) is 20.9 Å². The van der Waals surface area contributed by atoms with Crippen LogP contribution in [0.3, 0.4) is 0 Å². The fraction of sp³-hybridized carbons (Fsp3) is 0.250. The van der Waals surface area contributed by atoms with E-state index in [-0.39, 0.29) is 12.2 Å². The van der Waals surface area contributed by atoms with Crippen molar-refractivity contribution in [1.29, 1.82) is 0 Å². The van der Waals surface area contributed by atoms with Crippen LogP contribution in [0.5, 0.6) is 0 Å². The molecule has 1 aromatic carbocycles. The summed E-state index contributed by atoms with van der Waals surface area (Å²) in [5.74, 6) is -3.06. The molecule has 0 saturated carbocycles. The van der Waals surface area contributed by atoms with E-state index >= 15 is 0 Å². The van der Waals surface area contributed by atoms with Gasteiger partial charge in [-0.3, -0.25) is 9.59 Å². The van der Waals surface area contributed by atoms with E-state index in [2.05, 4.69) is 20.8 Å². The van der Waals surface area contributed by atoms with E-state index in [9.17, 15) is 18.4 Å². The molecule has 0 fully saturated rings. The minimum absolute atomic E-state index is 0.279. The number of benzene rings is 1. The maximum atomic E-state index is 13.4. The van der Waals surface area contributed by atoms with E-state index in [1.165, 1.54) is 13.3 Å². The molecule has 0 spiro atoms. The number of rotatable bonds is 5.